The molecule has 1 atom stereocenters. The zero-order chi connectivity index (χ0) is 19.7. The third kappa shape index (κ3) is 3.30. The van der Waals surface area contributed by atoms with Crippen molar-refractivity contribution in [1.82, 2.24) is 9.97 Å². The largest absolute Gasteiger partial charge is 0.321 e. The number of benzene rings is 2. The number of aromatic nitrogens is 2. The van der Waals surface area contributed by atoms with E-state index >= 15 is 0 Å². The Kier molecular flexibility index (Phi) is 4.50. The molecule has 0 fully saturated rings. The number of carbonyl (C=O) groups excluding carboxylic acids is 1. The highest BCUT2D eigenvalue weighted by Crippen LogP contribution is 2.36. The molecule has 1 aliphatic rings. The molecule has 1 aliphatic heterocycles. The Morgan fingerprint density at radius 3 is 2.68 bits per heavy atom. The fourth-order valence-corrected chi connectivity index (χ4v) is 3.47. The molecular formula is C22H19N5O. The molecule has 0 saturated carbocycles. The fourth-order valence-electron chi connectivity index (χ4n) is 3.47. The maximum atomic E-state index is 12.7. The molecule has 138 valence electrons. The molecule has 0 aliphatic carbocycles. The van der Waals surface area contributed by atoms with E-state index in [2.05, 4.69) is 45.3 Å². The molecule has 6 heteroatoms. The highest BCUT2D eigenvalue weighted by atomic mass is 16.1. The second kappa shape index (κ2) is 7.12. The maximum absolute atomic E-state index is 12.7. The van der Waals surface area contributed by atoms with Crippen LogP contribution < -0.4 is 10.2 Å². The van der Waals surface area contributed by atoms with Gasteiger partial charge in [0, 0.05) is 23.1 Å². The van der Waals surface area contributed by atoms with Gasteiger partial charge in [-0.1, -0.05) is 18.2 Å². The van der Waals surface area contributed by atoms with Gasteiger partial charge in [-0.2, -0.15) is 5.26 Å². The Hall–Kier alpha value is -3.72. The number of carbonyl (C=O) groups is 1. The minimum atomic E-state index is -0.309. The predicted molar refractivity (Wildman–Crippen MR) is 108 cm³/mol. The lowest BCUT2D eigenvalue weighted by Crippen LogP contribution is -2.27. The van der Waals surface area contributed by atoms with Crippen LogP contribution in [-0.2, 0) is 6.42 Å². The van der Waals surface area contributed by atoms with Crippen LogP contribution in [0.5, 0.6) is 0 Å². The first-order valence-corrected chi connectivity index (χ1v) is 9.09. The van der Waals surface area contributed by atoms with Crippen molar-refractivity contribution in [2.75, 3.05) is 10.2 Å². The number of fused-ring (bicyclic) bond motifs is 1. The number of hydrogen-bond acceptors (Lipinski definition) is 5. The van der Waals surface area contributed by atoms with Crippen LogP contribution >= 0.6 is 0 Å². The summed E-state index contributed by atoms with van der Waals surface area (Å²) in [7, 11) is 0. The second-order valence-corrected chi connectivity index (χ2v) is 6.89. The Morgan fingerprint density at radius 2 is 1.93 bits per heavy atom. The highest BCUT2D eigenvalue weighted by molar-refractivity contribution is 6.03. The molecule has 1 amide bonds. The minimum Gasteiger partial charge on any atom is -0.321 e. The molecule has 2 heterocycles. The van der Waals surface area contributed by atoms with E-state index in [1.807, 2.05) is 19.1 Å². The number of nitriles is 1. The molecule has 1 N–H and O–H groups in total. The van der Waals surface area contributed by atoms with Gasteiger partial charge in [-0.25, -0.2) is 9.97 Å². The Morgan fingerprint density at radius 1 is 1.18 bits per heavy atom. The summed E-state index contributed by atoms with van der Waals surface area (Å²) in [4.78, 5) is 23.9. The Balaban J connectivity index is 1.64. The molecule has 0 spiro atoms. The Bertz CT molecular complexity index is 1080. The van der Waals surface area contributed by atoms with Crippen molar-refractivity contribution in [1.29, 1.82) is 5.26 Å². The van der Waals surface area contributed by atoms with Gasteiger partial charge in [0.15, 0.2) is 0 Å². The van der Waals surface area contributed by atoms with Crippen molar-refractivity contribution >= 4 is 23.2 Å². The van der Waals surface area contributed by atoms with Crippen molar-refractivity contribution in [2.45, 2.75) is 26.3 Å². The van der Waals surface area contributed by atoms with Gasteiger partial charge in [-0.15, -0.1) is 0 Å². The van der Waals surface area contributed by atoms with E-state index in [9.17, 15) is 4.79 Å². The zero-order valence-corrected chi connectivity index (χ0v) is 15.7. The van der Waals surface area contributed by atoms with Crippen molar-refractivity contribution in [3.05, 3.63) is 77.1 Å². The van der Waals surface area contributed by atoms with Crippen molar-refractivity contribution in [3.8, 4) is 6.07 Å². The van der Waals surface area contributed by atoms with Crippen LogP contribution in [-0.4, -0.2) is 21.9 Å². The summed E-state index contributed by atoms with van der Waals surface area (Å²) >= 11 is 0. The van der Waals surface area contributed by atoms with Gasteiger partial charge in [-0.05, 0) is 62.2 Å². The molecule has 4 rings (SSSR count). The van der Waals surface area contributed by atoms with Crippen molar-refractivity contribution in [2.24, 2.45) is 0 Å². The predicted octanol–water partition coefficient (Wildman–Crippen LogP) is 3.99. The van der Waals surface area contributed by atoms with E-state index in [4.69, 9.17) is 5.26 Å². The molecule has 3 aromatic rings. The van der Waals surface area contributed by atoms with Crippen LogP contribution in [0.15, 0.2) is 54.6 Å². The van der Waals surface area contributed by atoms with Crippen LogP contribution in [0.25, 0.3) is 0 Å². The van der Waals surface area contributed by atoms with E-state index in [0.29, 0.717) is 22.9 Å². The Labute approximate surface area is 163 Å². The summed E-state index contributed by atoms with van der Waals surface area (Å²) in [6.45, 7) is 3.98. The third-order valence-corrected chi connectivity index (χ3v) is 4.77. The van der Waals surface area contributed by atoms with Crippen LogP contribution in [0.3, 0.4) is 0 Å². The van der Waals surface area contributed by atoms with E-state index in [1.165, 1.54) is 5.56 Å². The first kappa shape index (κ1) is 17.7. The van der Waals surface area contributed by atoms with E-state index < -0.39 is 0 Å². The van der Waals surface area contributed by atoms with Crippen LogP contribution in [0.2, 0.25) is 0 Å². The molecule has 1 aromatic heterocycles. The van der Waals surface area contributed by atoms with E-state index in [-0.39, 0.29) is 11.9 Å². The normalized spacial score (nSPS) is 15.0. The average molecular weight is 369 g/mol. The molecule has 0 radical (unpaired) electrons. The third-order valence-electron chi connectivity index (χ3n) is 4.77. The molecular weight excluding hydrogens is 350 g/mol. The summed E-state index contributed by atoms with van der Waals surface area (Å²) in [6.07, 6.45) is 0.917. The minimum absolute atomic E-state index is 0.216. The van der Waals surface area contributed by atoms with E-state index in [1.54, 1.807) is 30.3 Å². The summed E-state index contributed by atoms with van der Waals surface area (Å²) < 4.78 is 0. The fraction of sp³-hybridized carbons (Fsp3) is 0.182. The summed E-state index contributed by atoms with van der Waals surface area (Å²) in [5.74, 6) is 0.221. The van der Waals surface area contributed by atoms with E-state index in [0.717, 1.165) is 17.8 Å². The lowest BCUT2D eigenvalue weighted by Gasteiger charge is -2.23. The quantitative estimate of drug-likeness (QED) is 0.755. The standard InChI is InChI=1S/C22H19N5O/c1-14-11-19(21(28)25-18-9-7-16(13-23)8-10-18)26-22(24-14)27-15(2)12-17-5-3-4-6-20(17)27/h3-11,15H,12H2,1-2H3,(H,25,28). The van der Waals surface area contributed by atoms with Gasteiger partial charge < -0.3 is 10.2 Å². The number of aryl methyl sites for hydroxylation is 1. The van der Waals surface area contributed by atoms with Gasteiger partial charge in [0.2, 0.25) is 5.95 Å². The van der Waals surface area contributed by atoms with Gasteiger partial charge in [0.25, 0.3) is 5.91 Å². The lowest BCUT2D eigenvalue weighted by atomic mass is 10.1. The van der Waals surface area contributed by atoms with Crippen LogP contribution in [0.1, 0.15) is 34.2 Å². The van der Waals surface area contributed by atoms with Gasteiger partial charge in [0.05, 0.1) is 11.6 Å². The monoisotopic (exact) mass is 369 g/mol. The van der Waals surface area contributed by atoms with Gasteiger partial charge >= 0.3 is 0 Å². The molecule has 0 bridgehead atoms. The molecule has 28 heavy (non-hydrogen) atoms. The number of hydrogen-bond donors (Lipinski definition) is 1. The average Bonchev–Trinajstić information content (AvgIpc) is 3.03. The number of rotatable bonds is 3. The number of anilines is 3. The van der Waals surface area contributed by atoms with Gasteiger partial charge in [0.1, 0.15) is 5.69 Å². The first-order chi connectivity index (χ1) is 13.5. The number of para-hydroxylation sites is 1. The van der Waals surface area contributed by atoms with Gasteiger partial charge in [-0.3, -0.25) is 4.79 Å². The van der Waals surface area contributed by atoms with Crippen molar-refractivity contribution < 1.29 is 4.79 Å². The lowest BCUT2D eigenvalue weighted by molar-refractivity contribution is 0.102. The number of nitrogens with zero attached hydrogens (tertiary/aromatic N) is 4. The summed E-state index contributed by atoms with van der Waals surface area (Å²) in [5, 5.41) is 11.7. The number of nitrogens with one attached hydrogen (secondary N) is 1. The zero-order valence-electron chi connectivity index (χ0n) is 15.7. The molecule has 2 aromatic carbocycles. The topological polar surface area (TPSA) is 81.9 Å². The number of amides is 1. The first-order valence-electron chi connectivity index (χ1n) is 9.09. The SMILES string of the molecule is Cc1cc(C(=O)Nc2ccc(C#N)cc2)nc(N2c3ccccc3CC2C)n1. The molecule has 1 unspecified atom stereocenters. The molecule has 6 nitrogen and oxygen atoms in total. The summed E-state index contributed by atoms with van der Waals surface area (Å²) in [6, 6.07) is 18.9. The summed E-state index contributed by atoms with van der Waals surface area (Å²) in [5.41, 5.74) is 4.53. The van der Waals surface area contributed by atoms with Crippen LogP contribution in [0.4, 0.5) is 17.3 Å². The smallest absolute Gasteiger partial charge is 0.274 e. The second-order valence-electron chi connectivity index (χ2n) is 6.89. The highest BCUT2D eigenvalue weighted by Gasteiger charge is 2.29. The van der Waals surface area contributed by atoms with Crippen molar-refractivity contribution in [3.63, 3.8) is 0 Å². The molecule has 0 saturated heterocycles. The van der Waals surface area contributed by atoms with Crippen LogP contribution in [0, 0.1) is 18.3 Å². The maximum Gasteiger partial charge on any atom is 0.274 e.